The second-order valence-corrected chi connectivity index (χ2v) is 6.35. The molecule has 0 saturated carbocycles. The smallest absolute Gasteiger partial charge is 0.410 e. The average molecular weight is 259 g/mol. The van der Waals surface area contributed by atoms with Gasteiger partial charge in [0.2, 0.25) is 0 Å². The van der Waals surface area contributed by atoms with Crippen LogP contribution in [0.4, 0.5) is 4.79 Å². The normalized spacial score (nSPS) is 22.6. The lowest BCUT2D eigenvalue weighted by Crippen LogP contribution is -2.45. The highest BCUT2D eigenvalue weighted by atomic mass is 16.6. The SMILES string of the molecule is CC(C)(C)OC(=O)N1CCOCC(C(C)(C)O)C1. The van der Waals surface area contributed by atoms with Crippen molar-refractivity contribution in [2.45, 2.75) is 45.8 Å². The molecule has 0 aromatic carbocycles. The molecule has 0 spiro atoms. The molecular formula is C13H25NO4. The van der Waals surface area contributed by atoms with E-state index in [1.54, 1.807) is 18.7 Å². The van der Waals surface area contributed by atoms with Gasteiger partial charge in [0.1, 0.15) is 5.60 Å². The Kier molecular flexibility index (Phi) is 4.61. The molecule has 1 rings (SSSR count). The van der Waals surface area contributed by atoms with Crippen LogP contribution < -0.4 is 0 Å². The minimum Gasteiger partial charge on any atom is -0.444 e. The summed E-state index contributed by atoms with van der Waals surface area (Å²) in [6.45, 7) is 10.9. The first kappa shape index (κ1) is 15.2. The lowest BCUT2D eigenvalue weighted by molar-refractivity contribution is -0.0244. The summed E-state index contributed by atoms with van der Waals surface area (Å²) in [7, 11) is 0. The number of ether oxygens (including phenoxy) is 2. The maximum Gasteiger partial charge on any atom is 0.410 e. The van der Waals surface area contributed by atoms with Crippen LogP contribution in [0, 0.1) is 5.92 Å². The van der Waals surface area contributed by atoms with Crippen LogP contribution in [-0.2, 0) is 9.47 Å². The van der Waals surface area contributed by atoms with Gasteiger partial charge in [-0.25, -0.2) is 4.79 Å². The zero-order chi connectivity index (χ0) is 14.0. The van der Waals surface area contributed by atoms with E-state index in [0.717, 1.165) is 0 Å². The predicted octanol–water partition coefficient (Wildman–Crippen LogP) is 1.64. The van der Waals surface area contributed by atoms with Crippen molar-refractivity contribution >= 4 is 6.09 Å². The van der Waals surface area contributed by atoms with Gasteiger partial charge in [0.15, 0.2) is 0 Å². The summed E-state index contributed by atoms with van der Waals surface area (Å²) >= 11 is 0. The van der Waals surface area contributed by atoms with E-state index in [1.165, 1.54) is 0 Å². The van der Waals surface area contributed by atoms with Gasteiger partial charge in [-0.2, -0.15) is 0 Å². The maximum absolute atomic E-state index is 12.0. The third kappa shape index (κ3) is 4.82. The Morgan fingerprint density at radius 3 is 2.44 bits per heavy atom. The van der Waals surface area contributed by atoms with E-state index < -0.39 is 11.2 Å². The van der Waals surface area contributed by atoms with Crippen molar-refractivity contribution in [1.82, 2.24) is 4.90 Å². The molecule has 0 aromatic rings. The minimum absolute atomic E-state index is 0.104. The number of carbonyl (C=O) groups excluding carboxylic acids is 1. The summed E-state index contributed by atoms with van der Waals surface area (Å²) in [4.78, 5) is 13.6. The first-order chi connectivity index (χ1) is 8.09. The Morgan fingerprint density at radius 2 is 1.94 bits per heavy atom. The van der Waals surface area contributed by atoms with Gasteiger partial charge < -0.3 is 19.5 Å². The van der Waals surface area contributed by atoms with Crippen LogP contribution in [0.15, 0.2) is 0 Å². The predicted molar refractivity (Wildman–Crippen MR) is 68.4 cm³/mol. The molecule has 1 fully saturated rings. The molecule has 0 aromatic heterocycles. The zero-order valence-electron chi connectivity index (χ0n) is 12.0. The number of amides is 1. The summed E-state index contributed by atoms with van der Waals surface area (Å²) in [6.07, 6.45) is -0.345. The van der Waals surface area contributed by atoms with Crippen LogP contribution in [0.3, 0.4) is 0 Å². The molecule has 18 heavy (non-hydrogen) atoms. The van der Waals surface area contributed by atoms with Crippen molar-refractivity contribution in [1.29, 1.82) is 0 Å². The molecular weight excluding hydrogens is 234 g/mol. The molecule has 1 aliphatic rings. The number of nitrogens with zero attached hydrogens (tertiary/aromatic N) is 1. The van der Waals surface area contributed by atoms with Gasteiger partial charge in [-0.3, -0.25) is 0 Å². The fourth-order valence-corrected chi connectivity index (χ4v) is 1.73. The summed E-state index contributed by atoms with van der Waals surface area (Å²) in [6, 6.07) is 0. The van der Waals surface area contributed by atoms with Crippen molar-refractivity contribution in [2.24, 2.45) is 5.92 Å². The molecule has 1 saturated heterocycles. The van der Waals surface area contributed by atoms with Gasteiger partial charge in [0.05, 0.1) is 18.8 Å². The number of aliphatic hydroxyl groups is 1. The Labute approximate surface area is 109 Å². The third-order valence-corrected chi connectivity index (χ3v) is 2.92. The number of hydrogen-bond donors (Lipinski definition) is 1. The maximum atomic E-state index is 12.0. The van der Waals surface area contributed by atoms with Crippen molar-refractivity contribution in [3.05, 3.63) is 0 Å². The molecule has 1 amide bonds. The fourth-order valence-electron chi connectivity index (χ4n) is 1.73. The van der Waals surface area contributed by atoms with Gasteiger partial charge in [0.25, 0.3) is 0 Å². The van der Waals surface area contributed by atoms with Crippen LogP contribution >= 0.6 is 0 Å². The number of hydrogen-bond acceptors (Lipinski definition) is 4. The van der Waals surface area contributed by atoms with E-state index >= 15 is 0 Å². The van der Waals surface area contributed by atoms with E-state index in [2.05, 4.69) is 0 Å². The van der Waals surface area contributed by atoms with Crippen LogP contribution in [0.1, 0.15) is 34.6 Å². The quantitative estimate of drug-likeness (QED) is 0.777. The molecule has 1 atom stereocenters. The van der Waals surface area contributed by atoms with Crippen LogP contribution in [-0.4, -0.2) is 53.6 Å². The number of rotatable bonds is 1. The third-order valence-electron chi connectivity index (χ3n) is 2.92. The first-order valence-electron chi connectivity index (χ1n) is 6.37. The Bertz CT molecular complexity index is 290. The van der Waals surface area contributed by atoms with E-state index in [-0.39, 0.29) is 12.0 Å². The lowest BCUT2D eigenvalue weighted by atomic mass is 9.91. The first-order valence-corrected chi connectivity index (χ1v) is 6.37. The van der Waals surface area contributed by atoms with Crippen molar-refractivity contribution in [3.63, 3.8) is 0 Å². The topological polar surface area (TPSA) is 59.0 Å². The minimum atomic E-state index is -0.870. The summed E-state index contributed by atoms with van der Waals surface area (Å²) < 4.78 is 10.8. The highest BCUT2D eigenvalue weighted by Crippen LogP contribution is 2.21. The standard InChI is InChI=1S/C13H25NO4/c1-12(2,3)18-11(15)14-6-7-17-9-10(8-14)13(4,5)16/h10,16H,6-9H2,1-5H3. The van der Waals surface area contributed by atoms with Gasteiger partial charge in [-0.05, 0) is 34.6 Å². The molecule has 1 aliphatic heterocycles. The van der Waals surface area contributed by atoms with Crippen molar-refractivity contribution < 1.29 is 19.4 Å². The summed E-state index contributed by atoms with van der Waals surface area (Å²) in [5.41, 5.74) is -1.38. The molecule has 5 heteroatoms. The van der Waals surface area contributed by atoms with E-state index in [0.29, 0.717) is 26.3 Å². The van der Waals surface area contributed by atoms with Crippen molar-refractivity contribution in [2.75, 3.05) is 26.3 Å². The van der Waals surface area contributed by atoms with Crippen molar-refractivity contribution in [3.8, 4) is 0 Å². The Hall–Kier alpha value is -0.810. The second kappa shape index (κ2) is 5.45. The summed E-state index contributed by atoms with van der Waals surface area (Å²) in [5, 5.41) is 10.0. The van der Waals surface area contributed by atoms with E-state index in [9.17, 15) is 9.90 Å². The summed E-state index contributed by atoms with van der Waals surface area (Å²) in [5.74, 6) is -0.104. The highest BCUT2D eigenvalue weighted by molar-refractivity contribution is 5.68. The van der Waals surface area contributed by atoms with Gasteiger partial charge in [-0.1, -0.05) is 0 Å². The van der Waals surface area contributed by atoms with Gasteiger partial charge in [-0.15, -0.1) is 0 Å². The van der Waals surface area contributed by atoms with E-state index in [4.69, 9.17) is 9.47 Å². The highest BCUT2D eigenvalue weighted by Gasteiger charge is 2.33. The lowest BCUT2D eigenvalue weighted by Gasteiger charge is -2.32. The van der Waals surface area contributed by atoms with Crippen LogP contribution in [0.5, 0.6) is 0 Å². The van der Waals surface area contributed by atoms with Crippen LogP contribution in [0.2, 0.25) is 0 Å². The second-order valence-electron chi connectivity index (χ2n) is 6.35. The average Bonchev–Trinajstić information content (AvgIpc) is 2.38. The van der Waals surface area contributed by atoms with Gasteiger partial charge in [0, 0.05) is 19.0 Å². The van der Waals surface area contributed by atoms with E-state index in [1.807, 2.05) is 20.8 Å². The van der Waals surface area contributed by atoms with Gasteiger partial charge >= 0.3 is 6.09 Å². The number of carbonyl (C=O) groups is 1. The molecule has 5 nitrogen and oxygen atoms in total. The molecule has 0 radical (unpaired) electrons. The largest absolute Gasteiger partial charge is 0.444 e. The fraction of sp³-hybridized carbons (Fsp3) is 0.923. The zero-order valence-corrected chi connectivity index (χ0v) is 12.0. The molecule has 0 bridgehead atoms. The Morgan fingerprint density at radius 1 is 1.33 bits per heavy atom. The molecule has 1 heterocycles. The molecule has 0 aliphatic carbocycles. The molecule has 1 N–H and O–H groups in total. The molecule has 106 valence electrons. The monoisotopic (exact) mass is 259 g/mol. The van der Waals surface area contributed by atoms with Crippen LogP contribution in [0.25, 0.3) is 0 Å². The molecule has 1 unspecified atom stereocenters. The Balaban J connectivity index is 2.67.